The Morgan fingerprint density at radius 1 is 0.971 bits per heavy atom. The number of pyridine rings is 1. The predicted molar refractivity (Wildman–Crippen MR) is 120 cm³/mol. The number of para-hydroxylation sites is 2. The van der Waals surface area contributed by atoms with Gasteiger partial charge in [-0.1, -0.05) is 30.3 Å². The number of rotatable bonds is 4. The smallest absolute Gasteiger partial charge is 0.418 e. The molecule has 1 aromatic heterocycles. The minimum Gasteiger partial charge on any atom is -0.506 e. The fourth-order valence-electron chi connectivity index (χ4n) is 3.98. The van der Waals surface area contributed by atoms with Gasteiger partial charge in [-0.3, -0.25) is 14.5 Å². The van der Waals surface area contributed by atoms with Crippen molar-refractivity contribution in [2.75, 3.05) is 38.0 Å². The Morgan fingerprint density at radius 3 is 2.56 bits per heavy atom. The highest BCUT2D eigenvalue weighted by atomic mass is 19.4. The van der Waals surface area contributed by atoms with Gasteiger partial charge in [0, 0.05) is 31.6 Å². The maximum atomic E-state index is 13.2. The quantitative estimate of drug-likeness (QED) is 0.604. The number of carbonyl (C=O) groups is 2. The van der Waals surface area contributed by atoms with E-state index in [1.165, 1.54) is 24.3 Å². The zero-order valence-corrected chi connectivity index (χ0v) is 18.2. The van der Waals surface area contributed by atoms with E-state index in [1.54, 1.807) is 34.1 Å². The Labute approximate surface area is 193 Å². The number of nitrogens with one attached hydrogen (secondary N) is 1. The van der Waals surface area contributed by atoms with Crippen LogP contribution in [0.5, 0.6) is 5.75 Å². The highest BCUT2D eigenvalue weighted by Crippen LogP contribution is 2.34. The third-order valence-corrected chi connectivity index (χ3v) is 5.67. The highest BCUT2D eigenvalue weighted by Gasteiger charge is 2.33. The van der Waals surface area contributed by atoms with E-state index in [0.29, 0.717) is 38.1 Å². The number of alkyl halides is 3. The number of hydrogen-bond donors (Lipinski definition) is 2. The molecule has 0 saturated carbocycles. The topological polar surface area (TPSA) is 85.8 Å². The standard InChI is InChI=1S/C24H23F3N4O3/c25-24(26,27)17-6-1-2-7-18(17)28-21(33)15-30-11-4-12-31(14-13-30)23(34)19-10-9-16-5-3-8-20(32)22(16)29-19/h1-3,5-10,32H,4,11-15H2,(H,28,33). The predicted octanol–water partition coefficient (Wildman–Crippen LogP) is 3.75. The second-order valence-electron chi connectivity index (χ2n) is 8.06. The molecular weight excluding hydrogens is 449 g/mol. The van der Waals surface area contributed by atoms with Crippen molar-refractivity contribution in [3.63, 3.8) is 0 Å². The number of halogens is 3. The average molecular weight is 472 g/mol. The fraction of sp³-hybridized carbons (Fsp3) is 0.292. The first kappa shape index (κ1) is 23.5. The van der Waals surface area contributed by atoms with E-state index < -0.39 is 17.6 Å². The molecule has 0 bridgehead atoms. The normalized spacial score (nSPS) is 15.2. The number of amides is 2. The molecule has 1 aliphatic heterocycles. The summed E-state index contributed by atoms with van der Waals surface area (Å²) in [4.78, 5) is 33.2. The molecule has 0 radical (unpaired) electrons. The van der Waals surface area contributed by atoms with Gasteiger partial charge in [0.05, 0.1) is 17.8 Å². The van der Waals surface area contributed by atoms with Crippen LogP contribution >= 0.6 is 0 Å². The minimum absolute atomic E-state index is 0.00713. The molecule has 7 nitrogen and oxygen atoms in total. The lowest BCUT2D eigenvalue weighted by molar-refractivity contribution is -0.137. The van der Waals surface area contributed by atoms with Gasteiger partial charge in [0.25, 0.3) is 5.91 Å². The number of hydrogen-bond acceptors (Lipinski definition) is 5. The number of phenolic OH excluding ortho intramolecular Hbond substituents is 1. The number of aromatic hydroxyl groups is 1. The van der Waals surface area contributed by atoms with E-state index in [2.05, 4.69) is 10.3 Å². The molecule has 2 amide bonds. The number of benzene rings is 2. The first-order valence-corrected chi connectivity index (χ1v) is 10.8. The van der Waals surface area contributed by atoms with E-state index in [0.717, 1.165) is 11.5 Å². The molecule has 1 aliphatic rings. The molecule has 0 atom stereocenters. The summed E-state index contributed by atoms with van der Waals surface area (Å²) in [6.07, 6.45) is -3.97. The molecule has 0 aliphatic carbocycles. The molecule has 2 aromatic carbocycles. The molecule has 178 valence electrons. The van der Waals surface area contributed by atoms with Crippen LogP contribution in [0.15, 0.2) is 54.6 Å². The summed E-state index contributed by atoms with van der Waals surface area (Å²) in [5.74, 6) is -0.842. The molecule has 4 rings (SSSR count). The molecule has 2 N–H and O–H groups in total. The zero-order chi connectivity index (χ0) is 24.3. The van der Waals surface area contributed by atoms with Crippen LogP contribution in [-0.4, -0.2) is 64.4 Å². The second kappa shape index (κ2) is 9.68. The summed E-state index contributed by atoms with van der Waals surface area (Å²) in [6.45, 7) is 1.61. The zero-order valence-electron chi connectivity index (χ0n) is 18.2. The second-order valence-corrected chi connectivity index (χ2v) is 8.06. The summed E-state index contributed by atoms with van der Waals surface area (Å²) < 4.78 is 39.5. The first-order valence-electron chi connectivity index (χ1n) is 10.8. The number of aromatic nitrogens is 1. The van der Waals surface area contributed by atoms with Crippen LogP contribution in [0.2, 0.25) is 0 Å². The molecular formula is C24H23F3N4O3. The van der Waals surface area contributed by atoms with Crippen LogP contribution < -0.4 is 5.32 Å². The lowest BCUT2D eigenvalue weighted by Crippen LogP contribution is -2.38. The van der Waals surface area contributed by atoms with Crippen LogP contribution in [0.3, 0.4) is 0 Å². The van der Waals surface area contributed by atoms with Gasteiger partial charge in [-0.2, -0.15) is 13.2 Å². The Morgan fingerprint density at radius 2 is 1.76 bits per heavy atom. The average Bonchev–Trinajstić information content (AvgIpc) is 3.04. The number of carbonyl (C=O) groups excluding carboxylic acids is 2. The third kappa shape index (κ3) is 5.28. The third-order valence-electron chi connectivity index (χ3n) is 5.67. The van der Waals surface area contributed by atoms with Gasteiger partial charge < -0.3 is 15.3 Å². The van der Waals surface area contributed by atoms with Crippen LogP contribution in [0, 0.1) is 0 Å². The largest absolute Gasteiger partial charge is 0.506 e. The van der Waals surface area contributed by atoms with E-state index in [-0.39, 0.29) is 29.6 Å². The molecule has 1 fully saturated rings. The maximum absolute atomic E-state index is 13.2. The van der Waals surface area contributed by atoms with Gasteiger partial charge in [-0.15, -0.1) is 0 Å². The van der Waals surface area contributed by atoms with Gasteiger partial charge in [0.2, 0.25) is 5.91 Å². The van der Waals surface area contributed by atoms with E-state index >= 15 is 0 Å². The Bertz CT molecular complexity index is 1220. The number of fused-ring (bicyclic) bond motifs is 1. The van der Waals surface area contributed by atoms with Crippen molar-refractivity contribution in [3.8, 4) is 5.75 Å². The Kier molecular flexibility index (Phi) is 6.69. The highest BCUT2D eigenvalue weighted by molar-refractivity contribution is 5.96. The van der Waals surface area contributed by atoms with Crippen molar-refractivity contribution in [2.45, 2.75) is 12.6 Å². The number of phenols is 1. The lowest BCUT2D eigenvalue weighted by Gasteiger charge is -2.22. The van der Waals surface area contributed by atoms with Crippen molar-refractivity contribution in [2.24, 2.45) is 0 Å². The lowest BCUT2D eigenvalue weighted by atomic mass is 10.1. The minimum atomic E-state index is -4.57. The van der Waals surface area contributed by atoms with Crippen molar-refractivity contribution >= 4 is 28.4 Å². The molecule has 3 aromatic rings. The fourth-order valence-corrected chi connectivity index (χ4v) is 3.98. The Balaban J connectivity index is 1.38. The molecule has 2 heterocycles. The number of nitrogens with zero attached hydrogens (tertiary/aromatic N) is 3. The van der Waals surface area contributed by atoms with E-state index in [1.807, 2.05) is 0 Å². The molecule has 1 saturated heterocycles. The molecule has 0 spiro atoms. The van der Waals surface area contributed by atoms with Gasteiger partial charge >= 0.3 is 6.18 Å². The van der Waals surface area contributed by atoms with Crippen LogP contribution in [0.1, 0.15) is 22.5 Å². The monoisotopic (exact) mass is 472 g/mol. The van der Waals surface area contributed by atoms with Gasteiger partial charge in [0.15, 0.2) is 0 Å². The van der Waals surface area contributed by atoms with E-state index in [4.69, 9.17) is 0 Å². The summed E-state index contributed by atoms with van der Waals surface area (Å²) in [6, 6.07) is 13.2. The van der Waals surface area contributed by atoms with Crippen LogP contribution in [0.4, 0.5) is 18.9 Å². The number of anilines is 1. The Hall–Kier alpha value is -3.66. The van der Waals surface area contributed by atoms with Crippen molar-refractivity contribution in [1.82, 2.24) is 14.8 Å². The summed E-state index contributed by atoms with van der Waals surface area (Å²) >= 11 is 0. The van der Waals surface area contributed by atoms with E-state index in [9.17, 15) is 27.9 Å². The van der Waals surface area contributed by atoms with Crippen LogP contribution in [-0.2, 0) is 11.0 Å². The van der Waals surface area contributed by atoms with Crippen LogP contribution in [0.25, 0.3) is 10.9 Å². The summed E-state index contributed by atoms with van der Waals surface area (Å²) in [7, 11) is 0. The molecule has 34 heavy (non-hydrogen) atoms. The van der Waals surface area contributed by atoms with Crippen molar-refractivity contribution < 1.29 is 27.9 Å². The summed E-state index contributed by atoms with van der Waals surface area (Å²) in [5.41, 5.74) is -0.619. The SMILES string of the molecule is O=C(CN1CCCN(C(=O)c2ccc3cccc(O)c3n2)CC1)Nc1ccccc1C(F)(F)F. The van der Waals surface area contributed by atoms with Crippen molar-refractivity contribution in [3.05, 3.63) is 65.9 Å². The molecule has 10 heteroatoms. The molecule has 0 unspecified atom stereocenters. The maximum Gasteiger partial charge on any atom is 0.418 e. The summed E-state index contributed by atoms with van der Waals surface area (Å²) in [5, 5.41) is 13.1. The first-order chi connectivity index (χ1) is 16.2. The van der Waals surface area contributed by atoms with Gasteiger partial charge in [-0.25, -0.2) is 4.98 Å². The van der Waals surface area contributed by atoms with Gasteiger partial charge in [0.1, 0.15) is 17.0 Å². The van der Waals surface area contributed by atoms with Crippen molar-refractivity contribution in [1.29, 1.82) is 0 Å². The van der Waals surface area contributed by atoms with Gasteiger partial charge in [-0.05, 0) is 30.7 Å².